The molecule has 7 nitrogen and oxygen atoms in total. The van der Waals surface area contributed by atoms with Gasteiger partial charge >= 0.3 is 0 Å². The van der Waals surface area contributed by atoms with E-state index in [0.717, 1.165) is 21.1 Å². The van der Waals surface area contributed by atoms with Crippen molar-refractivity contribution in [3.8, 4) is 11.3 Å². The molecule has 0 aliphatic rings. The molecular formula is C13H10BrN5O2. The molecule has 0 fully saturated rings. The Morgan fingerprint density at radius 2 is 1.95 bits per heavy atom. The topological polar surface area (TPSA) is 99.9 Å². The first kappa shape index (κ1) is 13.5. The number of hydrogen-bond donors (Lipinski definition) is 1. The number of fused-ring (bicyclic) bond motifs is 1. The van der Waals surface area contributed by atoms with Gasteiger partial charge in [0.25, 0.3) is 5.69 Å². The zero-order valence-electron chi connectivity index (χ0n) is 10.9. The third-order valence-corrected chi connectivity index (χ3v) is 4.06. The number of nitrogen functional groups attached to an aromatic ring is 1. The monoisotopic (exact) mass is 347 g/mol. The van der Waals surface area contributed by atoms with Crippen molar-refractivity contribution in [2.24, 2.45) is 7.05 Å². The largest absolute Gasteiger partial charge is 0.383 e. The summed E-state index contributed by atoms with van der Waals surface area (Å²) >= 11 is 3.52. The van der Waals surface area contributed by atoms with Gasteiger partial charge in [-0.25, -0.2) is 9.97 Å². The van der Waals surface area contributed by atoms with Crippen LogP contribution in [0.3, 0.4) is 0 Å². The van der Waals surface area contributed by atoms with Gasteiger partial charge in [-0.3, -0.25) is 10.1 Å². The summed E-state index contributed by atoms with van der Waals surface area (Å²) in [5.41, 5.74) is 8.31. The lowest BCUT2D eigenvalue weighted by atomic mass is 10.1. The number of hydrogen-bond acceptors (Lipinski definition) is 5. The minimum atomic E-state index is -0.427. The van der Waals surface area contributed by atoms with Gasteiger partial charge in [0.2, 0.25) is 0 Å². The maximum absolute atomic E-state index is 10.7. The van der Waals surface area contributed by atoms with E-state index in [0.29, 0.717) is 11.5 Å². The van der Waals surface area contributed by atoms with Gasteiger partial charge in [0, 0.05) is 19.2 Å². The Hall–Kier alpha value is -2.48. The highest BCUT2D eigenvalue weighted by Crippen LogP contribution is 2.38. The first-order valence-corrected chi connectivity index (χ1v) is 6.79. The number of halogens is 1. The van der Waals surface area contributed by atoms with Gasteiger partial charge in [-0.2, -0.15) is 0 Å². The second-order valence-corrected chi connectivity index (χ2v) is 5.28. The van der Waals surface area contributed by atoms with E-state index in [2.05, 4.69) is 25.9 Å². The van der Waals surface area contributed by atoms with Crippen LogP contribution in [0.2, 0.25) is 0 Å². The minimum Gasteiger partial charge on any atom is -0.383 e. The van der Waals surface area contributed by atoms with Gasteiger partial charge in [-0.1, -0.05) is 0 Å². The lowest BCUT2D eigenvalue weighted by Crippen LogP contribution is -1.96. The Morgan fingerprint density at radius 3 is 2.52 bits per heavy atom. The van der Waals surface area contributed by atoms with Crippen LogP contribution in [0.4, 0.5) is 11.5 Å². The van der Waals surface area contributed by atoms with Gasteiger partial charge in [0.15, 0.2) is 0 Å². The third-order valence-electron chi connectivity index (χ3n) is 3.29. The maximum atomic E-state index is 10.7. The lowest BCUT2D eigenvalue weighted by molar-refractivity contribution is -0.384. The van der Waals surface area contributed by atoms with Crippen LogP contribution in [0, 0.1) is 10.1 Å². The van der Waals surface area contributed by atoms with Crippen molar-refractivity contribution in [1.29, 1.82) is 0 Å². The second-order valence-electron chi connectivity index (χ2n) is 4.48. The van der Waals surface area contributed by atoms with Gasteiger partial charge < -0.3 is 10.3 Å². The van der Waals surface area contributed by atoms with Crippen LogP contribution in [0.5, 0.6) is 0 Å². The van der Waals surface area contributed by atoms with E-state index in [1.165, 1.54) is 18.5 Å². The Bertz CT molecular complexity index is 857. The number of nitro groups is 1. The van der Waals surface area contributed by atoms with E-state index in [-0.39, 0.29) is 5.69 Å². The number of non-ortho nitro benzene ring substituents is 1. The summed E-state index contributed by atoms with van der Waals surface area (Å²) in [6.07, 6.45) is 1.41. The van der Waals surface area contributed by atoms with E-state index in [4.69, 9.17) is 5.73 Å². The SMILES string of the molecule is Cn1c(-c2ccc([N+](=O)[O-])cc2)c(Br)c2c(N)ncnc21. The molecule has 0 radical (unpaired) electrons. The van der Waals surface area contributed by atoms with Crippen molar-refractivity contribution < 1.29 is 4.92 Å². The van der Waals surface area contributed by atoms with E-state index >= 15 is 0 Å². The molecule has 106 valence electrons. The molecule has 0 amide bonds. The number of nitrogens with zero attached hydrogens (tertiary/aromatic N) is 4. The average molecular weight is 348 g/mol. The molecule has 2 aromatic heterocycles. The number of rotatable bonds is 2. The van der Waals surface area contributed by atoms with Gasteiger partial charge in [0.1, 0.15) is 17.8 Å². The summed E-state index contributed by atoms with van der Waals surface area (Å²) in [5.74, 6) is 0.385. The summed E-state index contributed by atoms with van der Waals surface area (Å²) in [5, 5.41) is 11.5. The van der Waals surface area contributed by atoms with Crippen molar-refractivity contribution in [3.05, 3.63) is 45.2 Å². The molecule has 0 saturated heterocycles. The predicted octanol–water partition coefficient (Wildman–Crippen LogP) is 2.89. The van der Waals surface area contributed by atoms with Crippen molar-refractivity contribution >= 4 is 38.5 Å². The summed E-state index contributed by atoms with van der Waals surface area (Å²) in [7, 11) is 1.86. The van der Waals surface area contributed by atoms with Crippen LogP contribution >= 0.6 is 15.9 Å². The van der Waals surface area contributed by atoms with Crippen molar-refractivity contribution in [1.82, 2.24) is 14.5 Å². The first-order chi connectivity index (χ1) is 10.0. The van der Waals surface area contributed by atoms with Crippen LogP contribution in [0.1, 0.15) is 0 Å². The number of aromatic nitrogens is 3. The molecule has 0 spiro atoms. The van der Waals surface area contributed by atoms with Crippen molar-refractivity contribution in [2.45, 2.75) is 0 Å². The Kier molecular flexibility index (Phi) is 3.09. The highest BCUT2D eigenvalue weighted by Gasteiger charge is 2.18. The summed E-state index contributed by atoms with van der Waals surface area (Å²) in [4.78, 5) is 18.5. The van der Waals surface area contributed by atoms with Gasteiger partial charge in [0.05, 0.1) is 20.5 Å². The fourth-order valence-corrected chi connectivity index (χ4v) is 3.16. The highest BCUT2D eigenvalue weighted by atomic mass is 79.9. The fourth-order valence-electron chi connectivity index (χ4n) is 2.29. The molecule has 0 atom stereocenters. The van der Waals surface area contributed by atoms with Crippen molar-refractivity contribution in [3.63, 3.8) is 0 Å². The van der Waals surface area contributed by atoms with Gasteiger partial charge in [-0.15, -0.1) is 0 Å². The molecule has 0 aliphatic carbocycles. The molecule has 21 heavy (non-hydrogen) atoms. The molecule has 3 rings (SSSR count). The highest BCUT2D eigenvalue weighted by molar-refractivity contribution is 9.10. The molecule has 8 heteroatoms. The van der Waals surface area contributed by atoms with E-state index in [1.807, 2.05) is 11.6 Å². The zero-order valence-corrected chi connectivity index (χ0v) is 12.5. The second kappa shape index (κ2) is 4.81. The molecule has 2 heterocycles. The Morgan fingerprint density at radius 1 is 1.29 bits per heavy atom. The summed E-state index contributed by atoms with van der Waals surface area (Å²) < 4.78 is 2.64. The summed E-state index contributed by atoms with van der Waals surface area (Å²) in [6.45, 7) is 0. The number of aryl methyl sites for hydroxylation is 1. The van der Waals surface area contributed by atoms with Crippen molar-refractivity contribution in [2.75, 3.05) is 5.73 Å². The Labute approximate surface area is 127 Å². The van der Waals surface area contributed by atoms with Crippen LogP contribution in [0.15, 0.2) is 35.1 Å². The molecule has 3 aromatic rings. The summed E-state index contributed by atoms with van der Waals surface area (Å²) in [6, 6.07) is 6.32. The van der Waals surface area contributed by atoms with E-state index in [9.17, 15) is 10.1 Å². The molecule has 0 saturated carbocycles. The van der Waals surface area contributed by atoms with Crippen LogP contribution in [0.25, 0.3) is 22.3 Å². The molecule has 0 bridgehead atoms. The normalized spacial score (nSPS) is 11.0. The average Bonchev–Trinajstić information content (AvgIpc) is 2.72. The molecular weight excluding hydrogens is 338 g/mol. The number of benzene rings is 1. The fraction of sp³-hybridized carbons (Fsp3) is 0.0769. The van der Waals surface area contributed by atoms with E-state index in [1.54, 1.807) is 12.1 Å². The third kappa shape index (κ3) is 2.04. The standard InChI is InChI=1S/C13H10BrN5O2/c1-18-11(7-2-4-8(5-3-7)19(20)21)10(14)9-12(15)16-6-17-13(9)18/h2-6H,1H3,(H2,15,16,17). The predicted molar refractivity (Wildman–Crippen MR) is 82.7 cm³/mol. The molecule has 0 unspecified atom stereocenters. The molecule has 0 aliphatic heterocycles. The van der Waals surface area contributed by atoms with Gasteiger partial charge in [-0.05, 0) is 33.6 Å². The molecule has 1 aromatic carbocycles. The van der Waals surface area contributed by atoms with Crippen LogP contribution < -0.4 is 5.73 Å². The number of nitrogens with two attached hydrogens (primary N) is 1. The quantitative estimate of drug-likeness (QED) is 0.567. The zero-order chi connectivity index (χ0) is 15.1. The Balaban J connectivity index is 2.25. The van der Waals surface area contributed by atoms with Crippen LogP contribution in [-0.2, 0) is 7.05 Å². The van der Waals surface area contributed by atoms with E-state index < -0.39 is 4.92 Å². The lowest BCUT2D eigenvalue weighted by Gasteiger charge is -2.04. The smallest absolute Gasteiger partial charge is 0.269 e. The van der Waals surface area contributed by atoms with Crippen LogP contribution in [-0.4, -0.2) is 19.5 Å². The number of nitro benzene ring substituents is 1. The maximum Gasteiger partial charge on any atom is 0.269 e. The number of anilines is 1. The minimum absolute atomic E-state index is 0.0490. The molecule has 2 N–H and O–H groups in total. The first-order valence-electron chi connectivity index (χ1n) is 6.00.